The fraction of sp³-hybridized carbons (Fsp3) is 0.500. The molecule has 0 bridgehead atoms. The molecule has 4 heteroatoms. The van der Waals surface area contributed by atoms with Crippen molar-refractivity contribution in [3.8, 4) is 0 Å². The van der Waals surface area contributed by atoms with Crippen LogP contribution in [-0.2, 0) is 11.2 Å². The van der Waals surface area contributed by atoms with Crippen LogP contribution in [0.15, 0.2) is 18.2 Å². The van der Waals surface area contributed by atoms with Gasteiger partial charge in [-0.15, -0.1) is 0 Å². The van der Waals surface area contributed by atoms with Gasteiger partial charge < -0.3 is 4.90 Å². The number of ketones is 1. The fourth-order valence-corrected chi connectivity index (χ4v) is 2.66. The first-order valence-corrected chi connectivity index (χ1v) is 7.76. The molecule has 1 heterocycles. The zero-order valence-corrected chi connectivity index (χ0v) is 14.0. The minimum absolute atomic E-state index is 0.0772. The summed E-state index contributed by atoms with van der Waals surface area (Å²) in [6, 6.07) is 5.63. The van der Waals surface area contributed by atoms with Crippen molar-refractivity contribution < 1.29 is 9.59 Å². The summed E-state index contributed by atoms with van der Waals surface area (Å²) in [6.07, 6.45) is 0.814. The molecule has 1 aromatic carbocycles. The van der Waals surface area contributed by atoms with Crippen LogP contribution in [0.5, 0.6) is 0 Å². The highest BCUT2D eigenvalue weighted by Gasteiger charge is 2.32. The number of carbonyl (C=O) groups excluding carboxylic acids is 2. The summed E-state index contributed by atoms with van der Waals surface area (Å²) in [4.78, 5) is 26.0. The van der Waals surface area contributed by atoms with Gasteiger partial charge in [0, 0.05) is 23.2 Å². The molecular weight excluding hydrogens is 318 g/mol. The maximum Gasteiger partial charge on any atom is 0.232 e. The molecule has 1 aromatic rings. The number of halogens is 1. The second-order valence-electron chi connectivity index (χ2n) is 6.28. The van der Waals surface area contributed by atoms with Crippen molar-refractivity contribution in [2.24, 2.45) is 5.41 Å². The molecule has 0 spiro atoms. The number of hydrogen-bond donors (Lipinski definition) is 0. The Morgan fingerprint density at radius 2 is 1.95 bits per heavy atom. The number of benzene rings is 1. The summed E-state index contributed by atoms with van der Waals surface area (Å²) >= 11 is 3.30. The van der Waals surface area contributed by atoms with Gasteiger partial charge in [-0.1, -0.05) is 36.7 Å². The molecule has 1 unspecified atom stereocenters. The Bertz CT molecular complexity index is 558. The zero-order chi connectivity index (χ0) is 15.1. The number of nitrogens with zero attached hydrogens (tertiary/aromatic N) is 1. The lowest BCUT2D eigenvalue weighted by Gasteiger charge is -2.26. The van der Waals surface area contributed by atoms with Gasteiger partial charge >= 0.3 is 0 Å². The topological polar surface area (TPSA) is 37.4 Å². The van der Waals surface area contributed by atoms with Crippen LogP contribution >= 0.6 is 15.9 Å². The van der Waals surface area contributed by atoms with Crippen LogP contribution in [0.25, 0.3) is 0 Å². The average molecular weight is 338 g/mol. The van der Waals surface area contributed by atoms with Crippen molar-refractivity contribution >= 4 is 33.3 Å². The molecule has 0 aliphatic carbocycles. The number of rotatable bonds is 2. The lowest BCUT2D eigenvalue weighted by Crippen LogP contribution is -2.38. The van der Waals surface area contributed by atoms with Crippen LogP contribution < -0.4 is 4.90 Å². The Morgan fingerprint density at radius 3 is 2.50 bits per heavy atom. The SMILES string of the molecule is CC(Br)C(=O)c1ccc2c(c1)CCN2C(=O)C(C)(C)C. The molecule has 1 amide bonds. The van der Waals surface area contributed by atoms with Gasteiger partial charge in [0.25, 0.3) is 0 Å². The summed E-state index contributed by atoms with van der Waals surface area (Å²) < 4.78 is 0. The molecule has 0 radical (unpaired) electrons. The van der Waals surface area contributed by atoms with Crippen molar-refractivity contribution in [1.82, 2.24) is 0 Å². The van der Waals surface area contributed by atoms with Crippen LogP contribution in [0.4, 0.5) is 5.69 Å². The second-order valence-corrected chi connectivity index (χ2v) is 7.65. The van der Waals surface area contributed by atoms with Gasteiger partial charge in [-0.2, -0.15) is 0 Å². The number of anilines is 1. The van der Waals surface area contributed by atoms with E-state index in [0.717, 1.165) is 17.7 Å². The van der Waals surface area contributed by atoms with E-state index in [0.29, 0.717) is 12.1 Å². The first-order valence-electron chi connectivity index (χ1n) is 6.85. The van der Waals surface area contributed by atoms with Crippen molar-refractivity contribution in [3.63, 3.8) is 0 Å². The number of hydrogen-bond acceptors (Lipinski definition) is 2. The standard InChI is InChI=1S/C16H20BrNO2/c1-10(17)14(19)12-5-6-13-11(9-12)7-8-18(13)15(20)16(2,3)4/h5-6,9-10H,7-8H2,1-4H3. The Kier molecular flexibility index (Phi) is 4.05. The van der Waals surface area contributed by atoms with Crippen LogP contribution in [0.2, 0.25) is 0 Å². The average Bonchev–Trinajstić information content (AvgIpc) is 2.78. The lowest BCUT2D eigenvalue weighted by molar-refractivity contribution is -0.125. The molecule has 0 aromatic heterocycles. The highest BCUT2D eigenvalue weighted by Crippen LogP contribution is 2.32. The molecule has 2 rings (SSSR count). The van der Waals surface area contributed by atoms with Gasteiger partial charge in [0.1, 0.15) is 0 Å². The molecule has 108 valence electrons. The normalized spacial score (nSPS) is 15.9. The molecule has 1 atom stereocenters. The molecule has 3 nitrogen and oxygen atoms in total. The maximum atomic E-state index is 12.4. The summed E-state index contributed by atoms with van der Waals surface area (Å²) in [7, 11) is 0. The van der Waals surface area contributed by atoms with E-state index < -0.39 is 0 Å². The van der Waals surface area contributed by atoms with E-state index >= 15 is 0 Å². The minimum atomic E-state index is -0.388. The number of alkyl halides is 1. The molecule has 0 fully saturated rings. The van der Waals surface area contributed by atoms with Gasteiger partial charge in [0.15, 0.2) is 5.78 Å². The fourth-order valence-electron chi connectivity index (χ4n) is 2.40. The first-order chi connectivity index (χ1) is 9.21. The Balaban J connectivity index is 2.32. The molecule has 0 saturated carbocycles. The zero-order valence-electron chi connectivity index (χ0n) is 12.4. The third kappa shape index (κ3) is 2.80. The van der Waals surface area contributed by atoms with Crippen molar-refractivity contribution in [2.45, 2.75) is 38.9 Å². The van der Waals surface area contributed by atoms with Crippen LogP contribution in [0.1, 0.15) is 43.6 Å². The number of amides is 1. The third-order valence-corrected chi connectivity index (χ3v) is 3.92. The quantitative estimate of drug-likeness (QED) is 0.610. The van der Waals surface area contributed by atoms with Crippen LogP contribution in [0, 0.1) is 5.41 Å². The van der Waals surface area contributed by atoms with E-state index in [1.165, 1.54) is 0 Å². The number of carbonyl (C=O) groups is 2. The Labute approximate surface area is 128 Å². The van der Waals surface area contributed by atoms with Crippen LogP contribution in [0.3, 0.4) is 0 Å². The van der Waals surface area contributed by atoms with Gasteiger partial charge in [0.2, 0.25) is 5.91 Å². The van der Waals surface area contributed by atoms with E-state index in [4.69, 9.17) is 0 Å². The summed E-state index contributed by atoms with van der Waals surface area (Å²) in [6.45, 7) is 8.31. The maximum absolute atomic E-state index is 12.4. The summed E-state index contributed by atoms with van der Waals surface area (Å²) in [5.74, 6) is 0.206. The number of fused-ring (bicyclic) bond motifs is 1. The van der Waals surface area contributed by atoms with Gasteiger partial charge in [0.05, 0.1) is 4.83 Å². The molecule has 0 saturated heterocycles. The van der Waals surface area contributed by atoms with E-state index in [-0.39, 0.29) is 21.9 Å². The van der Waals surface area contributed by atoms with Gasteiger partial charge in [-0.05, 0) is 37.1 Å². The predicted octanol–water partition coefficient (Wildman–Crippen LogP) is 3.59. The molecule has 1 aliphatic heterocycles. The van der Waals surface area contributed by atoms with Crippen LogP contribution in [-0.4, -0.2) is 23.1 Å². The van der Waals surface area contributed by atoms with Crippen molar-refractivity contribution in [1.29, 1.82) is 0 Å². The summed E-state index contributed by atoms with van der Waals surface area (Å²) in [5.41, 5.74) is 2.35. The smallest absolute Gasteiger partial charge is 0.232 e. The molecule has 20 heavy (non-hydrogen) atoms. The Hall–Kier alpha value is -1.16. The van der Waals surface area contributed by atoms with E-state index in [1.807, 2.05) is 50.8 Å². The van der Waals surface area contributed by atoms with Gasteiger partial charge in [-0.25, -0.2) is 0 Å². The van der Waals surface area contributed by atoms with Crippen molar-refractivity contribution in [2.75, 3.05) is 11.4 Å². The molecular formula is C16H20BrNO2. The van der Waals surface area contributed by atoms with Crippen molar-refractivity contribution in [3.05, 3.63) is 29.3 Å². The minimum Gasteiger partial charge on any atom is -0.311 e. The Morgan fingerprint density at radius 1 is 1.30 bits per heavy atom. The van der Waals surface area contributed by atoms with E-state index in [2.05, 4.69) is 15.9 Å². The van der Waals surface area contributed by atoms with E-state index in [9.17, 15) is 9.59 Å². The lowest BCUT2D eigenvalue weighted by atomic mass is 9.94. The summed E-state index contributed by atoms with van der Waals surface area (Å²) in [5, 5.41) is 0. The highest BCUT2D eigenvalue weighted by atomic mass is 79.9. The predicted molar refractivity (Wildman–Crippen MR) is 84.7 cm³/mol. The van der Waals surface area contributed by atoms with E-state index in [1.54, 1.807) is 0 Å². The highest BCUT2D eigenvalue weighted by molar-refractivity contribution is 9.10. The number of Topliss-reactive ketones (excluding diaryl/α,β-unsaturated/α-hetero) is 1. The van der Waals surface area contributed by atoms with Gasteiger partial charge in [-0.3, -0.25) is 9.59 Å². The monoisotopic (exact) mass is 337 g/mol. The first kappa shape index (κ1) is 15.2. The second kappa shape index (κ2) is 5.32. The molecule has 1 aliphatic rings. The third-order valence-electron chi connectivity index (χ3n) is 3.51. The molecule has 0 N–H and O–H groups in total. The largest absolute Gasteiger partial charge is 0.311 e.